The van der Waals surface area contributed by atoms with Gasteiger partial charge in [-0.3, -0.25) is 19.4 Å². The minimum absolute atomic E-state index is 0.0186. The number of pyridine rings is 2. The molecule has 0 radical (unpaired) electrons. The Hall–Kier alpha value is -6.66. The van der Waals surface area contributed by atoms with Crippen LogP contribution in [0.2, 0.25) is 0 Å². The van der Waals surface area contributed by atoms with Gasteiger partial charge in [-0.15, -0.1) is 0 Å². The van der Waals surface area contributed by atoms with Gasteiger partial charge < -0.3 is 29.7 Å². The van der Waals surface area contributed by atoms with E-state index in [4.69, 9.17) is 19.9 Å². The molecule has 4 heterocycles. The van der Waals surface area contributed by atoms with Gasteiger partial charge in [0.25, 0.3) is 0 Å². The number of halogens is 6. The first-order valence-corrected chi connectivity index (χ1v) is 22.2. The summed E-state index contributed by atoms with van der Waals surface area (Å²) in [6.45, 7) is 3.31. The molecule has 4 atom stereocenters. The number of hydrogen-bond acceptors (Lipinski definition) is 11. The van der Waals surface area contributed by atoms with Gasteiger partial charge in [0.2, 0.25) is 5.91 Å². The molecule has 2 N–H and O–H groups in total. The first kappa shape index (κ1) is 47.8. The van der Waals surface area contributed by atoms with E-state index in [1.165, 1.54) is 26.4 Å². The monoisotopic (exact) mass is 943 g/mol. The van der Waals surface area contributed by atoms with Crippen LogP contribution in [0.5, 0.6) is 11.5 Å². The number of primary amides is 1. The molecule has 6 aromatic rings. The van der Waals surface area contributed by atoms with Gasteiger partial charge in [-0.1, -0.05) is 60.7 Å². The number of hydrogen-bond donors (Lipinski definition) is 1. The van der Waals surface area contributed by atoms with Crippen LogP contribution < -0.4 is 25.0 Å². The number of esters is 1. The van der Waals surface area contributed by atoms with Gasteiger partial charge in [0.15, 0.2) is 0 Å². The molecular weight excluding hydrogens is 893 g/mol. The Bertz CT molecular complexity index is 2750. The number of carbonyl (C=O) groups excluding carboxylic acids is 2. The molecule has 12 nitrogen and oxygen atoms in total. The Morgan fingerprint density at radius 3 is 1.43 bits per heavy atom. The number of fused-ring (bicyclic) bond motifs is 2. The molecule has 2 fully saturated rings. The largest absolute Gasteiger partial charge is 0.494 e. The number of ether oxygens (including phenoxy) is 3. The molecule has 0 saturated carbocycles. The number of anilines is 2. The number of piperazine rings is 2. The lowest BCUT2D eigenvalue weighted by molar-refractivity contribution is -0.158. The van der Waals surface area contributed by atoms with E-state index in [-0.39, 0.29) is 55.3 Å². The highest BCUT2D eigenvalue weighted by molar-refractivity contribution is 5.97. The third-order valence-electron chi connectivity index (χ3n) is 12.8. The van der Waals surface area contributed by atoms with Crippen molar-refractivity contribution in [2.24, 2.45) is 5.73 Å². The molecule has 2 aliphatic rings. The molecule has 2 saturated heterocycles. The van der Waals surface area contributed by atoms with E-state index in [0.29, 0.717) is 48.1 Å². The lowest BCUT2D eigenvalue weighted by Crippen LogP contribution is -2.70. The van der Waals surface area contributed by atoms with E-state index in [9.17, 15) is 35.9 Å². The fraction of sp³-hybridized carbons (Fsp3) is 0.360. The Morgan fingerprint density at radius 2 is 1.04 bits per heavy atom. The van der Waals surface area contributed by atoms with E-state index < -0.39 is 59.8 Å². The van der Waals surface area contributed by atoms with E-state index in [0.717, 1.165) is 23.3 Å². The third kappa shape index (κ3) is 9.97. The quantitative estimate of drug-likeness (QED) is 0.0850. The van der Waals surface area contributed by atoms with Crippen LogP contribution in [-0.4, -0.2) is 116 Å². The van der Waals surface area contributed by atoms with Gasteiger partial charge in [-0.2, -0.15) is 26.3 Å². The molecule has 68 heavy (non-hydrogen) atoms. The molecule has 8 rings (SSSR count). The zero-order valence-corrected chi connectivity index (χ0v) is 37.6. The SMILES string of the molecule is CCOC(=O)C([C@@H](C(N)=O)N1CCN(c2ccc(OC)c3nc(C(F)(F)F)ccc23)CC1Cc1ccccc1)N1CCN(c2ccc(OC)c3nc(C(F)(F)F)ccc23)C[C@@H]1Cc1ccccc1. The summed E-state index contributed by atoms with van der Waals surface area (Å²) in [7, 11) is 2.74. The molecule has 2 unspecified atom stereocenters. The molecule has 0 bridgehead atoms. The number of methoxy groups -OCH3 is 2. The second kappa shape index (κ2) is 19.9. The summed E-state index contributed by atoms with van der Waals surface area (Å²) in [6, 6.07) is 27.3. The van der Waals surface area contributed by atoms with Gasteiger partial charge in [0.1, 0.15) is 46.0 Å². The van der Waals surface area contributed by atoms with Crippen molar-refractivity contribution in [3.63, 3.8) is 0 Å². The van der Waals surface area contributed by atoms with Crippen LogP contribution in [0.4, 0.5) is 37.7 Å². The number of alkyl halides is 6. The number of benzene rings is 4. The van der Waals surface area contributed by atoms with E-state index in [2.05, 4.69) is 9.97 Å². The summed E-state index contributed by atoms with van der Waals surface area (Å²) < 4.78 is 100. The summed E-state index contributed by atoms with van der Waals surface area (Å²) in [5.41, 5.74) is 7.57. The highest BCUT2D eigenvalue weighted by atomic mass is 19.4. The Morgan fingerprint density at radius 1 is 0.618 bits per heavy atom. The van der Waals surface area contributed by atoms with Crippen molar-refractivity contribution >= 4 is 45.1 Å². The minimum atomic E-state index is -4.68. The van der Waals surface area contributed by atoms with Crippen molar-refractivity contribution in [1.29, 1.82) is 0 Å². The predicted molar refractivity (Wildman–Crippen MR) is 246 cm³/mol. The maximum absolute atomic E-state index is 14.7. The third-order valence-corrected chi connectivity index (χ3v) is 12.8. The topological polar surface area (TPSA) is 127 Å². The van der Waals surface area contributed by atoms with Crippen molar-refractivity contribution < 1.29 is 50.1 Å². The van der Waals surface area contributed by atoms with Crippen molar-refractivity contribution in [2.75, 3.05) is 69.9 Å². The standard InChI is InChI=1S/C50H51F6N7O5/c1-4-68-48(65)46(63-26-24-61(30-34(63)28-32-13-9-6-10-14-32)38-18-20-40(67-3)44-36(38)16-22-42(59-44)50(54,55)56)45(47(57)64)62-25-23-60(29-33(62)27-31-11-7-5-8-12-31)37-17-19-39(66-2)43-35(37)15-21-41(58-43)49(51,52)53/h5-22,33-34,45-46H,4,23-30H2,1-3H3,(H2,57,64)/t33?,34-,45-,46?/m0/s1. The van der Waals surface area contributed by atoms with Crippen molar-refractivity contribution in [3.8, 4) is 11.5 Å². The number of carbonyl (C=O) groups is 2. The number of amides is 1. The average Bonchev–Trinajstić information content (AvgIpc) is 3.32. The number of nitrogens with zero attached hydrogens (tertiary/aromatic N) is 6. The van der Waals surface area contributed by atoms with Gasteiger partial charge >= 0.3 is 18.3 Å². The Kier molecular flexibility index (Phi) is 14.0. The van der Waals surface area contributed by atoms with Gasteiger partial charge in [0, 0.05) is 73.5 Å². The second-order valence-corrected chi connectivity index (χ2v) is 16.9. The summed E-state index contributed by atoms with van der Waals surface area (Å²) in [4.78, 5) is 44.9. The number of nitrogens with two attached hydrogens (primary N) is 1. The average molecular weight is 944 g/mol. The molecule has 2 aliphatic heterocycles. The molecule has 18 heteroatoms. The van der Waals surface area contributed by atoms with Gasteiger partial charge in [-0.25, -0.2) is 9.97 Å². The molecule has 4 aromatic carbocycles. The summed E-state index contributed by atoms with van der Waals surface area (Å²) in [6.07, 6.45) is -8.53. The minimum Gasteiger partial charge on any atom is -0.494 e. The van der Waals surface area contributed by atoms with Crippen LogP contribution in [0.25, 0.3) is 21.8 Å². The normalized spacial score (nSPS) is 18.4. The number of rotatable bonds is 14. The molecule has 1 amide bonds. The zero-order valence-electron chi connectivity index (χ0n) is 37.6. The van der Waals surface area contributed by atoms with Crippen LogP contribution in [-0.2, 0) is 39.5 Å². The van der Waals surface area contributed by atoms with E-state index in [1.807, 2.05) is 80.3 Å². The van der Waals surface area contributed by atoms with Gasteiger partial charge in [0.05, 0.1) is 20.8 Å². The summed E-state index contributed by atoms with van der Waals surface area (Å²) >= 11 is 0. The molecule has 0 aliphatic carbocycles. The van der Waals surface area contributed by atoms with E-state index in [1.54, 1.807) is 31.2 Å². The maximum atomic E-state index is 14.7. The molecular formula is C50H51F6N7O5. The first-order chi connectivity index (χ1) is 32.6. The predicted octanol–water partition coefficient (Wildman–Crippen LogP) is 7.79. The maximum Gasteiger partial charge on any atom is 0.433 e. The second-order valence-electron chi connectivity index (χ2n) is 16.9. The van der Waals surface area contributed by atoms with Crippen LogP contribution in [0.3, 0.4) is 0 Å². The van der Waals surface area contributed by atoms with Crippen molar-refractivity contribution in [1.82, 2.24) is 19.8 Å². The zero-order chi connectivity index (χ0) is 48.3. The fourth-order valence-corrected chi connectivity index (χ4v) is 9.77. The van der Waals surface area contributed by atoms with Crippen LogP contribution >= 0.6 is 0 Å². The number of aromatic nitrogens is 2. The lowest BCUT2D eigenvalue weighted by atomic mass is 9.92. The van der Waals surface area contributed by atoms with Crippen molar-refractivity contribution in [2.45, 2.75) is 56.3 Å². The lowest BCUT2D eigenvalue weighted by Gasteiger charge is -2.51. The Balaban J connectivity index is 1.18. The summed E-state index contributed by atoms with van der Waals surface area (Å²) in [5, 5.41) is 0.895. The first-order valence-electron chi connectivity index (χ1n) is 22.2. The fourth-order valence-electron chi connectivity index (χ4n) is 9.77. The highest BCUT2D eigenvalue weighted by Gasteiger charge is 2.49. The smallest absolute Gasteiger partial charge is 0.433 e. The van der Waals surface area contributed by atoms with Gasteiger partial charge in [-0.05, 0) is 79.4 Å². The molecule has 358 valence electrons. The van der Waals surface area contributed by atoms with Crippen LogP contribution in [0, 0.1) is 0 Å². The Labute approximate surface area is 389 Å². The molecule has 2 aromatic heterocycles. The molecule has 0 spiro atoms. The summed E-state index contributed by atoms with van der Waals surface area (Å²) in [5.74, 6) is -1.03. The van der Waals surface area contributed by atoms with Crippen LogP contribution in [0.15, 0.2) is 109 Å². The van der Waals surface area contributed by atoms with E-state index >= 15 is 0 Å². The van der Waals surface area contributed by atoms with Crippen LogP contribution in [0.1, 0.15) is 29.4 Å². The van der Waals surface area contributed by atoms with Crippen molar-refractivity contribution in [3.05, 3.63) is 132 Å². The highest BCUT2D eigenvalue weighted by Crippen LogP contribution is 2.40.